The van der Waals surface area contributed by atoms with Crippen molar-refractivity contribution in [2.75, 3.05) is 16.0 Å². The summed E-state index contributed by atoms with van der Waals surface area (Å²) in [6.45, 7) is 4.07. The van der Waals surface area contributed by atoms with E-state index in [9.17, 15) is 4.79 Å². The SMILES string of the molecule is CC1CCc2nc(Nc3ncnc4c3NC(=O)C(C)N4)sc2C1. The molecule has 3 heterocycles. The van der Waals surface area contributed by atoms with Crippen molar-refractivity contribution in [1.29, 1.82) is 0 Å². The number of carbonyl (C=O) groups excluding carboxylic acids is 1. The van der Waals surface area contributed by atoms with Crippen LogP contribution >= 0.6 is 11.3 Å². The van der Waals surface area contributed by atoms with Crippen LogP contribution in [0.25, 0.3) is 0 Å². The van der Waals surface area contributed by atoms with Crippen LogP contribution in [0.3, 0.4) is 0 Å². The van der Waals surface area contributed by atoms with E-state index >= 15 is 0 Å². The molecule has 1 aliphatic carbocycles. The monoisotopic (exact) mass is 330 g/mol. The van der Waals surface area contributed by atoms with Gasteiger partial charge in [0.2, 0.25) is 5.91 Å². The first-order chi connectivity index (χ1) is 11.1. The van der Waals surface area contributed by atoms with Gasteiger partial charge < -0.3 is 16.0 Å². The van der Waals surface area contributed by atoms with Gasteiger partial charge in [0, 0.05) is 4.88 Å². The first kappa shape index (κ1) is 14.4. The van der Waals surface area contributed by atoms with Gasteiger partial charge in [-0.1, -0.05) is 6.92 Å². The largest absolute Gasteiger partial charge is 0.357 e. The molecule has 2 unspecified atom stereocenters. The van der Waals surface area contributed by atoms with Crippen LogP contribution in [-0.4, -0.2) is 26.9 Å². The molecule has 0 saturated heterocycles. The van der Waals surface area contributed by atoms with Crippen molar-refractivity contribution in [1.82, 2.24) is 15.0 Å². The van der Waals surface area contributed by atoms with Crippen molar-refractivity contribution in [2.24, 2.45) is 5.92 Å². The van der Waals surface area contributed by atoms with Crippen LogP contribution in [0.1, 0.15) is 30.8 Å². The number of nitrogens with zero attached hydrogens (tertiary/aromatic N) is 3. The predicted octanol–water partition coefficient (Wildman–Crippen LogP) is 2.55. The average Bonchev–Trinajstić information content (AvgIpc) is 2.90. The van der Waals surface area contributed by atoms with Gasteiger partial charge in [-0.05, 0) is 32.1 Å². The summed E-state index contributed by atoms with van der Waals surface area (Å²) in [6.07, 6.45) is 4.80. The number of thiazole rings is 1. The van der Waals surface area contributed by atoms with E-state index in [1.165, 1.54) is 23.3 Å². The highest BCUT2D eigenvalue weighted by atomic mass is 32.1. The van der Waals surface area contributed by atoms with Crippen molar-refractivity contribution < 1.29 is 4.79 Å². The summed E-state index contributed by atoms with van der Waals surface area (Å²) in [5.74, 6) is 1.82. The number of hydrogen-bond acceptors (Lipinski definition) is 7. The van der Waals surface area contributed by atoms with E-state index < -0.39 is 0 Å². The lowest BCUT2D eigenvalue weighted by Gasteiger charge is -2.24. The third kappa shape index (κ3) is 2.63. The molecule has 0 saturated carbocycles. The number of anilines is 4. The fourth-order valence-electron chi connectivity index (χ4n) is 2.90. The van der Waals surface area contributed by atoms with Gasteiger partial charge in [-0.2, -0.15) is 0 Å². The maximum Gasteiger partial charge on any atom is 0.246 e. The zero-order chi connectivity index (χ0) is 16.0. The van der Waals surface area contributed by atoms with E-state index in [0.29, 0.717) is 23.2 Å². The fraction of sp³-hybridized carbons (Fsp3) is 0.467. The van der Waals surface area contributed by atoms with E-state index in [1.54, 1.807) is 18.3 Å². The zero-order valence-electron chi connectivity index (χ0n) is 13.0. The molecule has 23 heavy (non-hydrogen) atoms. The van der Waals surface area contributed by atoms with Crippen molar-refractivity contribution in [2.45, 2.75) is 39.2 Å². The Hall–Kier alpha value is -2.22. The van der Waals surface area contributed by atoms with Gasteiger partial charge in [-0.15, -0.1) is 11.3 Å². The minimum absolute atomic E-state index is 0.0948. The van der Waals surface area contributed by atoms with Gasteiger partial charge in [-0.25, -0.2) is 15.0 Å². The van der Waals surface area contributed by atoms with Crippen LogP contribution in [0.2, 0.25) is 0 Å². The molecule has 0 bridgehead atoms. The van der Waals surface area contributed by atoms with E-state index in [1.807, 2.05) is 0 Å². The molecular formula is C15H18N6OS. The third-order valence-electron chi connectivity index (χ3n) is 4.25. The molecule has 0 fully saturated rings. The van der Waals surface area contributed by atoms with Crippen LogP contribution in [0.4, 0.5) is 22.5 Å². The Balaban J connectivity index is 1.63. The predicted molar refractivity (Wildman–Crippen MR) is 90.3 cm³/mol. The third-order valence-corrected chi connectivity index (χ3v) is 5.29. The number of aryl methyl sites for hydroxylation is 1. The van der Waals surface area contributed by atoms with Crippen LogP contribution < -0.4 is 16.0 Å². The Morgan fingerprint density at radius 1 is 1.35 bits per heavy atom. The normalized spacial score (nSPS) is 22.6. The molecule has 0 radical (unpaired) electrons. The quantitative estimate of drug-likeness (QED) is 0.784. The van der Waals surface area contributed by atoms with Crippen molar-refractivity contribution in [3.05, 3.63) is 16.9 Å². The summed E-state index contributed by atoms with van der Waals surface area (Å²) < 4.78 is 0. The summed E-state index contributed by atoms with van der Waals surface area (Å²) in [7, 11) is 0. The summed E-state index contributed by atoms with van der Waals surface area (Å²) >= 11 is 1.67. The second-order valence-corrected chi connectivity index (χ2v) is 7.25. The molecule has 4 rings (SSSR count). The van der Waals surface area contributed by atoms with Gasteiger partial charge >= 0.3 is 0 Å². The van der Waals surface area contributed by atoms with Gasteiger partial charge in [-0.3, -0.25) is 4.79 Å². The number of hydrogen-bond donors (Lipinski definition) is 3. The molecule has 3 N–H and O–H groups in total. The Morgan fingerprint density at radius 3 is 3.09 bits per heavy atom. The standard InChI is InChI=1S/C15H18N6OS/c1-7-3-4-9-10(5-7)23-15(19-9)21-13-11-12(16-6-17-13)18-8(2)14(22)20-11/h6-8H,3-5H2,1-2H3,(H,20,22)(H2,16,17,18,19,21). The lowest BCUT2D eigenvalue weighted by molar-refractivity contribution is -0.116. The van der Waals surface area contributed by atoms with Gasteiger partial charge in [0.15, 0.2) is 16.8 Å². The number of aromatic nitrogens is 3. The molecule has 2 aromatic heterocycles. The van der Waals surface area contributed by atoms with E-state index in [4.69, 9.17) is 0 Å². The Kier molecular flexibility index (Phi) is 3.41. The van der Waals surface area contributed by atoms with Gasteiger partial charge in [0.05, 0.1) is 5.69 Å². The lowest BCUT2D eigenvalue weighted by Crippen LogP contribution is -2.37. The first-order valence-corrected chi connectivity index (χ1v) is 8.60. The minimum atomic E-state index is -0.307. The molecule has 7 nitrogen and oxygen atoms in total. The molecule has 2 atom stereocenters. The zero-order valence-corrected chi connectivity index (χ0v) is 13.8. The van der Waals surface area contributed by atoms with Gasteiger partial charge in [0.25, 0.3) is 0 Å². The topological polar surface area (TPSA) is 91.8 Å². The Labute approximate surface area is 138 Å². The summed E-state index contributed by atoms with van der Waals surface area (Å²) in [5, 5.41) is 9.98. The number of rotatable bonds is 2. The van der Waals surface area contributed by atoms with E-state index in [-0.39, 0.29) is 11.9 Å². The second kappa shape index (κ2) is 5.45. The fourth-order valence-corrected chi connectivity index (χ4v) is 4.08. The molecule has 8 heteroatoms. The average molecular weight is 330 g/mol. The smallest absolute Gasteiger partial charge is 0.246 e. The summed E-state index contributed by atoms with van der Waals surface area (Å²) in [5.41, 5.74) is 1.77. The molecule has 1 amide bonds. The maximum atomic E-state index is 11.9. The number of amides is 1. The van der Waals surface area contributed by atoms with Crippen molar-refractivity contribution in [3.8, 4) is 0 Å². The first-order valence-electron chi connectivity index (χ1n) is 7.78. The van der Waals surface area contributed by atoms with E-state index in [0.717, 1.165) is 18.0 Å². The molecular weight excluding hydrogens is 312 g/mol. The van der Waals surface area contributed by atoms with Crippen LogP contribution in [0.15, 0.2) is 6.33 Å². The van der Waals surface area contributed by atoms with Crippen LogP contribution in [0.5, 0.6) is 0 Å². The number of fused-ring (bicyclic) bond motifs is 2. The maximum absolute atomic E-state index is 11.9. The summed E-state index contributed by atoms with van der Waals surface area (Å²) in [6, 6.07) is -0.307. The highest BCUT2D eigenvalue weighted by Gasteiger charge is 2.26. The van der Waals surface area contributed by atoms with Crippen LogP contribution in [-0.2, 0) is 17.6 Å². The lowest BCUT2D eigenvalue weighted by atomic mass is 9.93. The highest BCUT2D eigenvalue weighted by molar-refractivity contribution is 7.15. The number of carbonyl (C=O) groups is 1. The Morgan fingerprint density at radius 2 is 2.22 bits per heavy atom. The molecule has 2 aliphatic rings. The van der Waals surface area contributed by atoms with Crippen molar-refractivity contribution >= 4 is 39.7 Å². The van der Waals surface area contributed by atoms with Crippen LogP contribution in [0, 0.1) is 5.92 Å². The molecule has 0 aromatic carbocycles. The second-order valence-electron chi connectivity index (χ2n) is 6.16. The molecule has 120 valence electrons. The molecule has 2 aromatic rings. The number of nitrogens with one attached hydrogen (secondary N) is 3. The summed E-state index contributed by atoms with van der Waals surface area (Å²) in [4.78, 5) is 26.4. The Bertz CT molecular complexity index is 773. The van der Waals surface area contributed by atoms with Crippen molar-refractivity contribution in [3.63, 3.8) is 0 Å². The molecule has 0 spiro atoms. The van der Waals surface area contributed by atoms with E-state index in [2.05, 4.69) is 37.8 Å². The molecule has 1 aliphatic heterocycles. The minimum Gasteiger partial charge on any atom is -0.357 e. The van der Waals surface area contributed by atoms with Gasteiger partial charge in [0.1, 0.15) is 18.1 Å². The highest BCUT2D eigenvalue weighted by Crippen LogP contribution is 2.36.